The highest BCUT2D eigenvalue weighted by Crippen LogP contribution is 2.34. The van der Waals surface area contributed by atoms with E-state index in [1.165, 1.54) is 0 Å². The van der Waals surface area contributed by atoms with E-state index in [0.717, 1.165) is 54.2 Å². The third kappa shape index (κ3) is 5.50. The van der Waals surface area contributed by atoms with Gasteiger partial charge in [0.25, 0.3) is 0 Å². The minimum Gasteiger partial charge on any atom is -0.490 e. The molecule has 1 aliphatic rings. The number of hydrogen-bond acceptors (Lipinski definition) is 4. The molecule has 1 unspecified atom stereocenters. The smallest absolute Gasteiger partial charge is 0.228 e. The quantitative estimate of drug-likeness (QED) is 0.545. The molecule has 3 aromatic rings. The molecule has 1 fully saturated rings. The van der Waals surface area contributed by atoms with Crippen LogP contribution in [0.15, 0.2) is 54.7 Å². The van der Waals surface area contributed by atoms with Crippen LogP contribution in [0.5, 0.6) is 5.75 Å². The molecule has 1 aromatic heterocycles. The van der Waals surface area contributed by atoms with Crippen molar-refractivity contribution in [1.82, 2.24) is 15.1 Å². The largest absolute Gasteiger partial charge is 0.490 e. The Morgan fingerprint density at radius 1 is 1.22 bits per heavy atom. The van der Waals surface area contributed by atoms with Crippen LogP contribution < -0.4 is 15.4 Å². The lowest BCUT2D eigenvalue weighted by Crippen LogP contribution is -2.35. The second-order valence-electron chi connectivity index (χ2n) is 8.31. The first-order valence-corrected chi connectivity index (χ1v) is 11.4. The van der Waals surface area contributed by atoms with Gasteiger partial charge in [-0.1, -0.05) is 23.7 Å². The van der Waals surface area contributed by atoms with E-state index in [-0.39, 0.29) is 18.4 Å². The summed E-state index contributed by atoms with van der Waals surface area (Å²) in [6.45, 7) is 4.21. The van der Waals surface area contributed by atoms with Crippen LogP contribution in [0.25, 0.3) is 11.3 Å². The van der Waals surface area contributed by atoms with Crippen molar-refractivity contribution < 1.29 is 9.53 Å². The zero-order chi connectivity index (χ0) is 22.5. The van der Waals surface area contributed by atoms with Gasteiger partial charge < -0.3 is 15.4 Å². The van der Waals surface area contributed by atoms with E-state index >= 15 is 0 Å². The predicted octanol–water partition coefficient (Wildman–Crippen LogP) is 4.69. The van der Waals surface area contributed by atoms with Gasteiger partial charge in [-0.15, -0.1) is 0 Å². The highest BCUT2D eigenvalue weighted by Gasteiger charge is 2.23. The minimum atomic E-state index is -0.0833. The number of aromatic nitrogens is 2. The van der Waals surface area contributed by atoms with Gasteiger partial charge in [-0.2, -0.15) is 5.10 Å². The number of piperidine rings is 1. The van der Waals surface area contributed by atoms with Crippen LogP contribution in [0.4, 0.5) is 5.69 Å². The molecule has 32 heavy (non-hydrogen) atoms. The fraction of sp³-hybridized carbons (Fsp3) is 0.360. The molecular formula is C25H29ClN4O2. The standard InChI is InChI=1S/C25H29ClN4O2/c1-17(19-9-12-27-13-10-19)32-24-8-7-21(16-22(24)23-11-14-28-30(23)2)29-25(31)15-18-3-5-20(26)6-4-18/h3-8,11,14,16-17,19,27H,9-10,12-13,15H2,1-2H3,(H,29,31). The first-order chi connectivity index (χ1) is 15.5. The van der Waals surface area contributed by atoms with Gasteiger partial charge >= 0.3 is 0 Å². The molecule has 0 radical (unpaired) electrons. The highest BCUT2D eigenvalue weighted by molar-refractivity contribution is 6.30. The fourth-order valence-corrected chi connectivity index (χ4v) is 4.28. The van der Waals surface area contributed by atoms with Crippen LogP contribution in [0.2, 0.25) is 5.02 Å². The Morgan fingerprint density at radius 2 is 1.97 bits per heavy atom. The number of benzene rings is 2. The number of rotatable bonds is 7. The van der Waals surface area contributed by atoms with Gasteiger partial charge in [-0.25, -0.2) is 0 Å². The van der Waals surface area contributed by atoms with Crippen LogP contribution in [-0.2, 0) is 18.3 Å². The van der Waals surface area contributed by atoms with Crippen LogP contribution in [0.1, 0.15) is 25.3 Å². The molecular weight excluding hydrogens is 424 g/mol. The average Bonchev–Trinajstić information content (AvgIpc) is 3.22. The van der Waals surface area contributed by atoms with Crippen molar-refractivity contribution >= 4 is 23.2 Å². The normalized spacial score (nSPS) is 15.3. The SMILES string of the molecule is CC(Oc1ccc(NC(=O)Cc2ccc(Cl)cc2)cc1-c1ccnn1C)C1CCNCC1. The minimum absolute atomic E-state index is 0.0833. The summed E-state index contributed by atoms with van der Waals surface area (Å²) < 4.78 is 8.25. The summed E-state index contributed by atoms with van der Waals surface area (Å²) in [5, 5.41) is 11.4. The molecule has 1 aliphatic heterocycles. The van der Waals surface area contributed by atoms with E-state index in [1.54, 1.807) is 18.3 Å². The van der Waals surface area contributed by atoms with E-state index in [0.29, 0.717) is 10.9 Å². The predicted molar refractivity (Wildman–Crippen MR) is 128 cm³/mol. The van der Waals surface area contributed by atoms with Crippen molar-refractivity contribution in [2.24, 2.45) is 13.0 Å². The molecule has 4 rings (SSSR count). The van der Waals surface area contributed by atoms with Gasteiger partial charge in [0, 0.05) is 29.5 Å². The Balaban J connectivity index is 1.53. The summed E-state index contributed by atoms with van der Waals surface area (Å²) in [7, 11) is 1.90. The molecule has 6 nitrogen and oxygen atoms in total. The highest BCUT2D eigenvalue weighted by atomic mass is 35.5. The molecule has 1 saturated heterocycles. The zero-order valence-corrected chi connectivity index (χ0v) is 19.2. The van der Waals surface area contributed by atoms with Gasteiger partial charge in [-0.05, 0) is 80.7 Å². The summed E-state index contributed by atoms with van der Waals surface area (Å²) in [6, 6.07) is 15.1. The molecule has 0 spiro atoms. The molecule has 2 aromatic carbocycles. The van der Waals surface area contributed by atoms with E-state index in [2.05, 4.69) is 22.7 Å². The molecule has 0 bridgehead atoms. The summed E-state index contributed by atoms with van der Waals surface area (Å²) >= 11 is 5.93. The van der Waals surface area contributed by atoms with Gasteiger partial charge in [-0.3, -0.25) is 9.48 Å². The van der Waals surface area contributed by atoms with Crippen LogP contribution in [0, 0.1) is 5.92 Å². The number of nitrogens with zero attached hydrogens (tertiary/aromatic N) is 2. The molecule has 2 heterocycles. The lowest BCUT2D eigenvalue weighted by Gasteiger charge is -2.29. The number of carbonyl (C=O) groups excluding carboxylic acids is 1. The Hall–Kier alpha value is -2.83. The molecule has 0 saturated carbocycles. The lowest BCUT2D eigenvalue weighted by atomic mass is 9.93. The lowest BCUT2D eigenvalue weighted by molar-refractivity contribution is -0.115. The number of hydrogen-bond donors (Lipinski definition) is 2. The number of nitrogens with one attached hydrogen (secondary N) is 2. The molecule has 1 amide bonds. The summed E-state index contributed by atoms with van der Waals surface area (Å²) in [5.41, 5.74) is 3.48. The van der Waals surface area contributed by atoms with E-state index in [4.69, 9.17) is 16.3 Å². The summed E-state index contributed by atoms with van der Waals surface area (Å²) in [5.74, 6) is 1.24. The number of aryl methyl sites for hydroxylation is 1. The van der Waals surface area contributed by atoms with Crippen LogP contribution in [-0.4, -0.2) is 34.9 Å². The van der Waals surface area contributed by atoms with Crippen molar-refractivity contribution in [1.29, 1.82) is 0 Å². The fourth-order valence-electron chi connectivity index (χ4n) is 4.15. The Kier molecular flexibility index (Phi) is 7.12. The number of carbonyl (C=O) groups is 1. The zero-order valence-electron chi connectivity index (χ0n) is 18.5. The maximum Gasteiger partial charge on any atom is 0.228 e. The summed E-state index contributed by atoms with van der Waals surface area (Å²) in [4.78, 5) is 12.6. The van der Waals surface area contributed by atoms with Crippen molar-refractivity contribution in [3.63, 3.8) is 0 Å². The second kappa shape index (κ2) is 10.2. The van der Waals surface area contributed by atoms with Crippen molar-refractivity contribution in [3.05, 3.63) is 65.3 Å². The Bertz CT molecular complexity index is 1060. The van der Waals surface area contributed by atoms with E-state index in [1.807, 2.05) is 48.1 Å². The first kappa shape index (κ1) is 22.4. The number of amides is 1. The first-order valence-electron chi connectivity index (χ1n) is 11.0. The van der Waals surface area contributed by atoms with Gasteiger partial charge in [0.2, 0.25) is 5.91 Å². The second-order valence-corrected chi connectivity index (χ2v) is 8.75. The average molecular weight is 453 g/mol. The third-order valence-electron chi connectivity index (χ3n) is 6.00. The number of halogens is 1. The van der Waals surface area contributed by atoms with Gasteiger partial charge in [0.1, 0.15) is 5.75 Å². The molecule has 0 aliphatic carbocycles. The van der Waals surface area contributed by atoms with Crippen LogP contribution >= 0.6 is 11.6 Å². The third-order valence-corrected chi connectivity index (χ3v) is 6.25. The molecule has 2 N–H and O–H groups in total. The maximum absolute atomic E-state index is 12.6. The van der Waals surface area contributed by atoms with Gasteiger partial charge in [0.15, 0.2) is 0 Å². The van der Waals surface area contributed by atoms with Crippen molar-refractivity contribution in [2.75, 3.05) is 18.4 Å². The Morgan fingerprint density at radius 3 is 2.66 bits per heavy atom. The van der Waals surface area contributed by atoms with Crippen molar-refractivity contribution in [2.45, 2.75) is 32.3 Å². The van der Waals surface area contributed by atoms with Crippen molar-refractivity contribution in [3.8, 4) is 17.0 Å². The number of ether oxygens (including phenoxy) is 1. The number of anilines is 1. The maximum atomic E-state index is 12.6. The topological polar surface area (TPSA) is 68.2 Å². The molecule has 168 valence electrons. The molecule has 1 atom stereocenters. The van der Waals surface area contributed by atoms with E-state index < -0.39 is 0 Å². The molecule has 7 heteroatoms. The van der Waals surface area contributed by atoms with Crippen LogP contribution in [0.3, 0.4) is 0 Å². The van der Waals surface area contributed by atoms with E-state index in [9.17, 15) is 4.79 Å². The monoisotopic (exact) mass is 452 g/mol. The Labute approximate surface area is 193 Å². The van der Waals surface area contributed by atoms with Gasteiger partial charge in [0.05, 0.1) is 18.2 Å². The summed E-state index contributed by atoms with van der Waals surface area (Å²) in [6.07, 6.45) is 4.38.